The van der Waals surface area contributed by atoms with Crippen molar-refractivity contribution in [3.8, 4) is 0 Å². The van der Waals surface area contributed by atoms with E-state index in [0.717, 1.165) is 55.0 Å². The van der Waals surface area contributed by atoms with E-state index in [1.54, 1.807) is 0 Å². The van der Waals surface area contributed by atoms with Gasteiger partial charge in [-0.2, -0.15) is 0 Å². The van der Waals surface area contributed by atoms with Gasteiger partial charge in [-0.05, 0) is 50.7 Å². The first kappa shape index (κ1) is 15.6. The predicted molar refractivity (Wildman–Crippen MR) is 97.7 cm³/mol. The molecule has 0 spiro atoms. The van der Waals surface area contributed by atoms with Crippen LogP contribution in [0.25, 0.3) is 11.0 Å². The number of benzene rings is 1. The Morgan fingerprint density at radius 2 is 1.79 bits per heavy atom. The van der Waals surface area contributed by atoms with E-state index in [-0.39, 0.29) is 0 Å². The summed E-state index contributed by atoms with van der Waals surface area (Å²) in [4.78, 5) is 12.3. The van der Waals surface area contributed by atoms with Gasteiger partial charge in [0.1, 0.15) is 0 Å². The molecule has 5 heteroatoms. The topological polar surface area (TPSA) is 50.3 Å². The molecule has 2 fully saturated rings. The lowest BCUT2D eigenvalue weighted by Gasteiger charge is -2.30. The highest BCUT2D eigenvalue weighted by molar-refractivity contribution is 5.80. The van der Waals surface area contributed by atoms with Crippen molar-refractivity contribution in [3.05, 3.63) is 24.3 Å². The fraction of sp³-hybridized carbons (Fsp3) is 0.579. The highest BCUT2D eigenvalue weighted by Gasteiger charge is 2.27. The summed E-state index contributed by atoms with van der Waals surface area (Å²) in [5.41, 5.74) is 1.94. The molecule has 2 atom stereocenters. The average molecular weight is 326 g/mol. The number of anilines is 2. The monoisotopic (exact) mass is 326 g/mol. The van der Waals surface area contributed by atoms with Crippen molar-refractivity contribution in [1.29, 1.82) is 0 Å². The first-order chi connectivity index (χ1) is 11.8. The molecule has 1 saturated heterocycles. The van der Waals surface area contributed by atoms with Gasteiger partial charge < -0.3 is 15.0 Å². The van der Waals surface area contributed by atoms with Gasteiger partial charge in [-0.1, -0.05) is 12.1 Å². The number of fused-ring (bicyclic) bond motifs is 1. The van der Waals surface area contributed by atoms with Crippen LogP contribution in [-0.2, 0) is 4.74 Å². The van der Waals surface area contributed by atoms with Crippen LogP contribution in [0.4, 0.5) is 11.6 Å². The summed E-state index contributed by atoms with van der Waals surface area (Å²) in [5.74, 6) is 1.96. The highest BCUT2D eigenvalue weighted by Crippen LogP contribution is 2.31. The average Bonchev–Trinajstić information content (AvgIpc) is 3.09. The summed E-state index contributed by atoms with van der Waals surface area (Å²) >= 11 is 0. The quantitative estimate of drug-likeness (QED) is 0.930. The van der Waals surface area contributed by atoms with Crippen molar-refractivity contribution in [1.82, 2.24) is 9.97 Å². The van der Waals surface area contributed by atoms with E-state index in [0.29, 0.717) is 12.1 Å². The Morgan fingerprint density at radius 1 is 1.04 bits per heavy atom. The summed E-state index contributed by atoms with van der Waals surface area (Å²) in [5, 5.41) is 3.67. The minimum atomic E-state index is 0.370. The number of piperidine rings is 1. The maximum Gasteiger partial charge on any atom is 0.172 e. The third-order valence-corrected chi connectivity index (χ3v) is 5.27. The molecule has 24 heavy (non-hydrogen) atoms. The first-order valence-electron chi connectivity index (χ1n) is 9.14. The fourth-order valence-corrected chi connectivity index (χ4v) is 3.89. The van der Waals surface area contributed by atoms with Gasteiger partial charge in [0.05, 0.1) is 17.1 Å². The molecule has 2 aliphatic rings. The second-order valence-electron chi connectivity index (χ2n) is 6.94. The lowest BCUT2D eigenvalue weighted by molar-refractivity contribution is 0.108. The molecule has 5 nitrogen and oxygen atoms in total. The van der Waals surface area contributed by atoms with E-state index in [1.165, 1.54) is 19.3 Å². The molecule has 0 bridgehead atoms. The molecule has 1 saturated carbocycles. The lowest BCUT2D eigenvalue weighted by Crippen LogP contribution is -2.32. The number of para-hydroxylation sites is 2. The molecule has 1 aromatic heterocycles. The van der Waals surface area contributed by atoms with E-state index < -0.39 is 0 Å². The lowest BCUT2D eigenvalue weighted by atomic mass is 10.1. The molecule has 2 unspecified atom stereocenters. The zero-order valence-electron chi connectivity index (χ0n) is 14.4. The minimum absolute atomic E-state index is 0.370. The number of hydrogen-bond acceptors (Lipinski definition) is 5. The Labute approximate surface area is 143 Å². The molecule has 1 aliphatic carbocycles. The highest BCUT2D eigenvalue weighted by atomic mass is 16.5. The van der Waals surface area contributed by atoms with Gasteiger partial charge in [0.25, 0.3) is 0 Å². The van der Waals surface area contributed by atoms with Crippen molar-refractivity contribution < 1.29 is 4.74 Å². The van der Waals surface area contributed by atoms with Gasteiger partial charge in [-0.25, -0.2) is 9.97 Å². The molecular weight excluding hydrogens is 300 g/mol. The Morgan fingerprint density at radius 3 is 2.50 bits per heavy atom. The SMILES string of the molecule is COC1CCC(Nc2nc3ccccc3nc2N2CCCCC2)C1. The van der Waals surface area contributed by atoms with Crippen molar-refractivity contribution in [2.75, 3.05) is 30.4 Å². The van der Waals surface area contributed by atoms with E-state index in [9.17, 15) is 0 Å². The van der Waals surface area contributed by atoms with Gasteiger partial charge in [0.15, 0.2) is 11.6 Å². The summed E-state index contributed by atoms with van der Waals surface area (Å²) in [6.07, 6.45) is 7.46. The second-order valence-corrected chi connectivity index (χ2v) is 6.94. The van der Waals surface area contributed by atoms with E-state index in [1.807, 2.05) is 25.3 Å². The molecule has 1 N–H and O–H groups in total. The van der Waals surface area contributed by atoms with Crippen LogP contribution in [0.3, 0.4) is 0 Å². The van der Waals surface area contributed by atoms with Crippen LogP contribution in [0.5, 0.6) is 0 Å². The van der Waals surface area contributed by atoms with Gasteiger partial charge >= 0.3 is 0 Å². The van der Waals surface area contributed by atoms with Crippen molar-refractivity contribution in [3.63, 3.8) is 0 Å². The zero-order valence-corrected chi connectivity index (χ0v) is 14.4. The molecule has 128 valence electrons. The molecule has 2 heterocycles. The first-order valence-corrected chi connectivity index (χ1v) is 9.14. The van der Waals surface area contributed by atoms with Crippen LogP contribution in [0.15, 0.2) is 24.3 Å². The van der Waals surface area contributed by atoms with Crippen LogP contribution in [0.1, 0.15) is 38.5 Å². The summed E-state index contributed by atoms with van der Waals surface area (Å²) < 4.78 is 5.51. The molecule has 4 rings (SSSR count). The molecular formula is C19H26N4O. The fourth-order valence-electron chi connectivity index (χ4n) is 3.89. The van der Waals surface area contributed by atoms with E-state index >= 15 is 0 Å². The third kappa shape index (κ3) is 3.18. The predicted octanol–water partition coefficient (Wildman–Crippen LogP) is 3.60. The maximum absolute atomic E-state index is 5.51. The Kier molecular flexibility index (Phi) is 4.52. The molecule has 1 aromatic carbocycles. The number of ether oxygens (including phenoxy) is 1. The van der Waals surface area contributed by atoms with Gasteiger partial charge in [-0.3, -0.25) is 0 Å². The van der Waals surface area contributed by atoms with Crippen molar-refractivity contribution >= 4 is 22.7 Å². The molecule has 0 radical (unpaired) electrons. The summed E-state index contributed by atoms with van der Waals surface area (Å²) in [6.45, 7) is 2.15. The van der Waals surface area contributed by atoms with Crippen molar-refractivity contribution in [2.24, 2.45) is 0 Å². The van der Waals surface area contributed by atoms with Crippen LogP contribution in [-0.4, -0.2) is 42.3 Å². The number of methoxy groups -OCH3 is 1. The van der Waals surface area contributed by atoms with E-state index in [4.69, 9.17) is 14.7 Å². The molecule has 0 amide bonds. The number of nitrogens with zero attached hydrogens (tertiary/aromatic N) is 3. The third-order valence-electron chi connectivity index (χ3n) is 5.27. The van der Waals surface area contributed by atoms with Crippen molar-refractivity contribution in [2.45, 2.75) is 50.7 Å². The number of nitrogens with one attached hydrogen (secondary N) is 1. The smallest absolute Gasteiger partial charge is 0.172 e. The largest absolute Gasteiger partial charge is 0.381 e. The number of aromatic nitrogens is 2. The summed E-state index contributed by atoms with van der Waals surface area (Å²) in [6, 6.07) is 8.58. The van der Waals surface area contributed by atoms with Crippen LogP contribution in [0.2, 0.25) is 0 Å². The summed E-state index contributed by atoms with van der Waals surface area (Å²) in [7, 11) is 1.81. The van der Waals surface area contributed by atoms with Gasteiger partial charge in [-0.15, -0.1) is 0 Å². The van der Waals surface area contributed by atoms with Crippen LogP contribution in [0, 0.1) is 0 Å². The molecule has 1 aliphatic heterocycles. The van der Waals surface area contributed by atoms with E-state index in [2.05, 4.69) is 16.3 Å². The molecule has 2 aromatic rings. The standard InChI is InChI=1S/C19H26N4O/c1-24-15-10-9-14(13-15)20-18-19(23-11-5-2-6-12-23)22-17-8-4-3-7-16(17)21-18/h3-4,7-8,14-15H,2,5-6,9-13H2,1H3,(H,20,21). The maximum atomic E-state index is 5.51. The Hall–Kier alpha value is -1.88. The zero-order chi connectivity index (χ0) is 16.4. The Balaban J connectivity index is 1.65. The second kappa shape index (κ2) is 6.93. The van der Waals surface area contributed by atoms with Gasteiger partial charge in [0, 0.05) is 26.2 Å². The minimum Gasteiger partial charge on any atom is -0.381 e. The Bertz CT molecular complexity index is 699. The van der Waals surface area contributed by atoms with Gasteiger partial charge in [0.2, 0.25) is 0 Å². The normalized spacial score (nSPS) is 24.5. The number of hydrogen-bond donors (Lipinski definition) is 1. The van der Waals surface area contributed by atoms with Crippen LogP contribution >= 0.6 is 0 Å². The van der Waals surface area contributed by atoms with Crippen LogP contribution < -0.4 is 10.2 Å². The number of rotatable bonds is 4.